The lowest BCUT2D eigenvalue weighted by atomic mass is 9.99. The van der Waals surface area contributed by atoms with E-state index in [-0.39, 0.29) is 11.9 Å². The van der Waals surface area contributed by atoms with Crippen molar-refractivity contribution < 1.29 is 19.1 Å². The molecule has 0 aromatic heterocycles. The second-order valence-electron chi connectivity index (χ2n) is 8.23. The summed E-state index contributed by atoms with van der Waals surface area (Å²) in [5.74, 6) is 0.842. The van der Waals surface area contributed by atoms with Gasteiger partial charge in [-0.15, -0.1) is 0 Å². The molecule has 0 bridgehead atoms. The largest absolute Gasteiger partial charge is 0.493 e. The van der Waals surface area contributed by atoms with E-state index in [1.807, 2.05) is 54.6 Å². The number of amides is 3. The average Bonchev–Trinajstić information content (AvgIpc) is 3.20. The first kappa shape index (κ1) is 23.7. The smallest absolute Gasteiger partial charge is 0.323 e. The van der Waals surface area contributed by atoms with Crippen LogP contribution in [0.3, 0.4) is 0 Å². The first-order valence-corrected chi connectivity index (χ1v) is 11.0. The Morgan fingerprint density at radius 2 is 1.51 bits per heavy atom. The van der Waals surface area contributed by atoms with Gasteiger partial charge in [-0.1, -0.05) is 30.3 Å². The zero-order valence-electron chi connectivity index (χ0n) is 20.4. The first-order valence-electron chi connectivity index (χ1n) is 11.0. The highest BCUT2D eigenvalue weighted by Gasteiger charge is 2.30. The van der Waals surface area contributed by atoms with Gasteiger partial charge in [0.05, 0.1) is 31.2 Å². The van der Waals surface area contributed by atoms with Gasteiger partial charge in [0.2, 0.25) is 0 Å². The van der Waals surface area contributed by atoms with Crippen LogP contribution in [0.2, 0.25) is 0 Å². The number of carbonyl (C=O) groups is 2. The van der Waals surface area contributed by atoms with Crippen molar-refractivity contribution in [1.29, 1.82) is 0 Å². The van der Waals surface area contributed by atoms with Crippen LogP contribution >= 0.6 is 0 Å². The maximum atomic E-state index is 13.2. The third kappa shape index (κ3) is 4.63. The van der Waals surface area contributed by atoms with E-state index in [1.165, 1.54) is 4.90 Å². The number of hydrogen-bond acceptors (Lipinski definition) is 5. The number of anilines is 3. The van der Waals surface area contributed by atoms with E-state index < -0.39 is 0 Å². The number of urea groups is 1. The van der Waals surface area contributed by atoms with Crippen LogP contribution in [0.4, 0.5) is 21.9 Å². The molecule has 0 aliphatic carbocycles. The summed E-state index contributed by atoms with van der Waals surface area (Å²) in [5.41, 5.74) is 4.89. The Morgan fingerprint density at radius 1 is 0.886 bits per heavy atom. The van der Waals surface area contributed by atoms with Gasteiger partial charge in [0.25, 0.3) is 5.91 Å². The molecule has 35 heavy (non-hydrogen) atoms. The van der Waals surface area contributed by atoms with E-state index >= 15 is 0 Å². The molecule has 3 amide bonds. The van der Waals surface area contributed by atoms with Crippen LogP contribution in [0.1, 0.15) is 11.1 Å². The minimum atomic E-state index is -0.227. The number of rotatable bonds is 6. The van der Waals surface area contributed by atoms with Crippen LogP contribution in [0, 0.1) is 0 Å². The molecular weight excluding hydrogens is 444 g/mol. The van der Waals surface area contributed by atoms with Gasteiger partial charge in [-0.25, -0.2) is 4.79 Å². The van der Waals surface area contributed by atoms with Crippen LogP contribution in [0.15, 0.2) is 66.7 Å². The van der Waals surface area contributed by atoms with Crippen molar-refractivity contribution in [2.75, 3.05) is 50.9 Å². The van der Waals surface area contributed by atoms with E-state index in [0.29, 0.717) is 34.0 Å². The molecule has 0 atom stereocenters. The lowest BCUT2D eigenvalue weighted by Gasteiger charge is -2.22. The van der Waals surface area contributed by atoms with Crippen molar-refractivity contribution >= 4 is 40.3 Å². The van der Waals surface area contributed by atoms with Crippen molar-refractivity contribution in [3.63, 3.8) is 0 Å². The molecule has 0 fully saturated rings. The molecule has 8 nitrogen and oxygen atoms in total. The molecule has 0 spiro atoms. The quantitative estimate of drug-likeness (QED) is 0.506. The zero-order valence-corrected chi connectivity index (χ0v) is 20.4. The molecule has 4 rings (SSSR count). The summed E-state index contributed by atoms with van der Waals surface area (Å²) in [6.07, 6.45) is 0. The maximum absolute atomic E-state index is 13.2. The number of benzene rings is 3. The summed E-state index contributed by atoms with van der Waals surface area (Å²) in [7, 11) is 8.27. The average molecular weight is 473 g/mol. The lowest BCUT2D eigenvalue weighted by molar-refractivity contribution is -0.110. The van der Waals surface area contributed by atoms with Crippen molar-refractivity contribution in [3.05, 3.63) is 77.9 Å². The van der Waals surface area contributed by atoms with Gasteiger partial charge in [-0.05, 0) is 35.9 Å². The standard InChI is InChI=1S/C27H28N4O4/c1-30(2)27(33)31(3)19-13-11-18(12-14-19)28-25(17-9-7-6-8-10-17)24-20-15-22(34-4)23(35-5)16-21(20)29-26(24)32/h6-16,28H,1-5H3,(H,29,32)/b25-24-. The summed E-state index contributed by atoms with van der Waals surface area (Å²) in [5, 5.41) is 6.36. The fourth-order valence-corrected chi connectivity index (χ4v) is 3.95. The number of ether oxygens (including phenoxy) is 2. The van der Waals surface area contributed by atoms with Gasteiger partial charge >= 0.3 is 6.03 Å². The Hall–Kier alpha value is -4.46. The van der Waals surface area contributed by atoms with Gasteiger partial charge in [0.1, 0.15) is 0 Å². The second-order valence-corrected chi connectivity index (χ2v) is 8.23. The molecule has 0 saturated heterocycles. The normalized spacial score (nSPS) is 13.5. The molecule has 1 heterocycles. The Balaban J connectivity index is 1.78. The number of nitrogens with one attached hydrogen (secondary N) is 2. The minimum absolute atomic E-state index is 0.124. The molecule has 0 saturated carbocycles. The van der Waals surface area contributed by atoms with Gasteiger partial charge in [-0.3, -0.25) is 9.69 Å². The van der Waals surface area contributed by atoms with Crippen molar-refractivity contribution in [2.24, 2.45) is 0 Å². The van der Waals surface area contributed by atoms with Gasteiger partial charge < -0.3 is 25.0 Å². The topological polar surface area (TPSA) is 83.1 Å². The predicted octanol–water partition coefficient (Wildman–Crippen LogP) is 4.75. The molecule has 3 aromatic rings. The monoisotopic (exact) mass is 472 g/mol. The number of carbonyl (C=O) groups excluding carboxylic acids is 2. The number of fused-ring (bicyclic) bond motifs is 1. The van der Waals surface area contributed by atoms with E-state index in [9.17, 15) is 9.59 Å². The molecule has 0 unspecified atom stereocenters. The van der Waals surface area contributed by atoms with Gasteiger partial charge in [0.15, 0.2) is 11.5 Å². The lowest BCUT2D eigenvalue weighted by Crippen LogP contribution is -2.36. The Bertz CT molecular complexity index is 1280. The predicted molar refractivity (Wildman–Crippen MR) is 139 cm³/mol. The summed E-state index contributed by atoms with van der Waals surface area (Å²) >= 11 is 0. The zero-order chi connectivity index (χ0) is 25.1. The summed E-state index contributed by atoms with van der Waals surface area (Å²) in [6, 6.07) is 20.6. The molecular formula is C27H28N4O4. The van der Waals surface area contributed by atoms with Crippen LogP contribution in [0.25, 0.3) is 11.3 Å². The highest BCUT2D eigenvalue weighted by molar-refractivity contribution is 6.37. The van der Waals surface area contributed by atoms with Crippen LogP contribution in [-0.2, 0) is 4.79 Å². The van der Waals surface area contributed by atoms with E-state index in [1.54, 1.807) is 52.4 Å². The minimum Gasteiger partial charge on any atom is -0.493 e. The molecule has 0 radical (unpaired) electrons. The summed E-state index contributed by atoms with van der Waals surface area (Å²) in [4.78, 5) is 28.5. The molecule has 1 aliphatic rings. The number of methoxy groups -OCH3 is 2. The van der Waals surface area contributed by atoms with E-state index in [2.05, 4.69) is 10.6 Å². The SMILES string of the molecule is COc1cc2c(cc1OC)/C(=C(/Nc1ccc(N(C)C(=O)N(C)C)cc1)c1ccccc1)C(=O)N2. The third-order valence-corrected chi connectivity index (χ3v) is 5.77. The summed E-state index contributed by atoms with van der Waals surface area (Å²) in [6.45, 7) is 0. The molecule has 2 N–H and O–H groups in total. The highest BCUT2D eigenvalue weighted by atomic mass is 16.5. The van der Waals surface area contributed by atoms with Crippen LogP contribution < -0.4 is 25.0 Å². The molecule has 1 aliphatic heterocycles. The Labute approximate surface area is 204 Å². The molecule has 180 valence electrons. The number of hydrogen-bond donors (Lipinski definition) is 2. The fraction of sp³-hybridized carbons (Fsp3) is 0.185. The Morgan fingerprint density at radius 3 is 2.11 bits per heavy atom. The molecule has 3 aromatic carbocycles. The number of nitrogens with zero attached hydrogens (tertiary/aromatic N) is 2. The van der Waals surface area contributed by atoms with Crippen molar-refractivity contribution in [2.45, 2.75) is 0 Å². The van der Waals surface area contributed by atoms with Crippen LogP contribution in [0.5, 0.6) is 11.5 Å². The highest BCUT2D eigenvalue weighted by Crippen LogP contribution is 2.43. The maximum Gasteiger partial charge on any atom is 0.323 e. The Kier molecular flexibility index (Phi) is 6.64. The van der Waals surface area contributed by atoms with Crippen molar-refractivity contribution in [3.8, 4) is 11.5 Å². The first-order chi connectivity index (χ1) is 16.8. The van der Waals surface area contributed by atoms with Gasteiger partial charge in [0, 0.05) is 44.1 Å². The molecule has 8 heteroatoms. The second kappa shape index (κ2) is 9.80. The third-order valence-electron chi connectivity index (χ3n) is 5.77. The van der Waals surface area contributed by atoms with Crippen molar-refractivity contribution in [1.82, 2.24) is 4.90 Å². The summed E-state index contributed by atoms with van der Waals surface area (Å²) < 4.78 is 10.9. The van der Waals surface area contributed by atoms with E-state index in [0.717, 1.165) is 16.9 Å². The van der Waals surface area contributed by atoms with Crippen LogP contribution in [-0.4, -0.2) is 52.2 Å². The fourth-order valence-electron chi connectivity index (χ4n) is 3.95. The van der Waals surface area contributed by atoms with E-state index in [4.69, 9.17) is 9.47 Å². The van der Waals surface area contributed by atoms with Gasteiger partial charge in [-0.2, -0.15) is 0 Å².